The maximum atomic E-state index is 11.0. The van der Waals surface area contributed by atoms with Crippen molar-refractivity contribution in [3.05, 3.63) is 73.8 Å². The molecule has 8 nitrogen and oxygen atoms in total. The fourth-order valence-corrected chi connectivity index (χ4v) is 1.81. The van der Waals surface area contributed by atoms with Gasteiger partial charge in [-0.1, -0.05) is 29.8 Å². The third kappa shape index (κ3) is 3.63. The highest BCUT2D eigenvalue weighted by Crippen LogP contribution is 2.28. The zero-order chi connectivity index (χ0) is 16.1. The SMILES string of the molecule is Cc1cccc(/C=N/Nc2ccc([N+](=O)[O-])cc2[N+](=O)[O-])c1. The van der Waals surface area contributed by atoms with E-state index in [1.165, 1.54) is 18.3 Å². The Labute approximate surface area is 125 Å². The van der Waals surface area contributed by atoms with E-state index in [1.54, 1.807) is 0 Å². The van der Waals surface area contributed by atoms with Gasteiger partial charge >= 0.3 is 5.69 Å². The molecule has 0 spiro atoms. The minimum Gasteiger partial charge on any atom is -0.272 e. The van der Waals surface area contributed by atoms with E-state index in [0.717, 1.165) is 17.2 Å². The zero-order valence-electron chi connectivity index (χ0n) is 11.6. The minimum atomic E-state index is -0.697. The van der Waals surface area contributed by atoms with E-state index in [4.69, 9.17) is 0 Å². The van der Waals surface area contributed by atoms with Gasteiger partial charge in [0.15, 0.2) is 0 Å². The third-order valence-electron chi connectivity index (χ3n) is 2.83. The monoisotopic (exact) mass is 300 g/mol. The van der Waals surface area contributed by atoms with Crippen molar-refractivity contribution in [2.45, 2.75) is 6.92 Å². The van der Waals surface area contributed by atoms with Crippen LogP contribution in [-0.2, 0) is 0 Å². The number of non-ortho nitro benzene ring substituents is 1. The normalized spacial score (nSPS) is 10.6. The summed E-state index contributed by atoms with van der Waals surface area (Å²) in [6, 6.07) is 10.9. The van der Waals surface area contributed by atoms with Gasteiger partial charge in [-0.25, -0.2) is 0 Å². The molecule has 1 N–H and O–H groups in total. The number of nitro benzene ring substituents is 2. The van der Waals surface area contributed by atoms with Gasteiger partial charge in [0.1, 0.15) is 5.69 Å². The lowest BCUT2D eigenvalue weighted by Gasteiger charge is -2.02. The number of hydrazone groups is 1. The van der Waals surface area contributed by atoms with Crippen molar-refractivity contribution < 1.29 is 9.85 Å². The van der Waals surface area contributed by atoms with Gasteiger partial charge in [-0.3, -0.25) is 25.7 Å². The molecule has 112 valence electrons. The Hall–Kier alpha value is -3.29. The number of hydrogen-bond donors (Lipinski definition) is 1. The molecule has 0 atom stereocenters. The molecule has 0 heterocycles. The molecular formula is C14H12N4O4. The minimum absolute atomic E-state index is 0.0829. The maximum Gasteiger partial charge on any atom is 0.301 e. The number of rotatable bonds is 5. The molecular weight excluding hydrogens is 288 g/mol. The van der Waals surface area contributed by atoms with Crippen LogP contribution in [0.25, 0.3) is 0 Å². The van der Waals surface area contributed by atoms with Crippen molar-refractivity contribution in [3.8, 4) is 0 Å². The quantitative estimate of drug-likeness (QED) is 0.517. The molecule has 0 saturated heterocycles. The second-order valence-corrected chi connectivity index (χ2v) is 4.50. The van der Waals surface area contributed by atoms with Crippen molar-refractivity contribution in [2.24, 2.45) is 5.10 Å². The summed E-state index contributed by atoms with van der Waals surface area (Å²) < 4.78 is 0. The number of nitro groups is 2. The lowest BCUT2D eigenvalue weighted by atomic mass is 10.2. The molecule has 0 bridgehead atoms. The average molecular weight is 300 g/mol. The number of nitrogens with one attached hydrogen (secondary N) is 1. The van der Waals surface area contributed by atoms with E-state index < -0.39 is 15.5 Å². The first kappa shape index (κ1) is 15.1. The van der Waals surface area contributed by atoms with E-state index in [0.29, 0.717) is 0 Å². The summed E-state index contributed by atoms with van der Waals surface area (Å²) in [5.74, 6) is 0. The van der Waals surface area contributed by atoms with Crippen LogP contribution in [0.2, 0.25) is 0 Å². The summed E-state index contributed by atoms with van der Waals surface area (Å²) in [5, 5.41) is 25.5. The van der Waals surface area contributed by atoms with Crippen LogP contribution >= 0.6 is 0 Å². The van der Waals surface area contributed by atoms with E-state index in [9.17, 15) is 20.2 Å². The molecule has 22 heavy (non-hydrogen) atoms. The van der Waals surface area contributed by atoms with Gasteiger partial charge in [0.2, 0.25) is 0 Å². The second kappa shape index (κ2) is 6.44. The highest BCUT2D eigenvalue weighted by Gasteiger charge is 2.18. The fraction of sp³-hybridized carbons (Fsp3) is 0.0714. The Kier molecular flexibility index (Phi) is 4.42. The van der Waals surface area contributed by atoms with Crippen LogP contribution in [0.15, 0.2) is 47.6 Å². The lowest BCUT2D eigenvalue weighted by Crippen LogP contribution is -1.98. The summed E-state index contributed by atoms with van der Waals surface area (Å²) in [6.45, 7) is 1.94. The van der Waals surface area contributed by atoms with E-state index in [2.05, 4.69) is 10.5 Å². The van der Waals surface area contributed by atoms with Crippen molar-refractivity contribution in [2.75, 3.05) is 5.43 Å². The molecule has 2 aromatic carbocycles. The van der Waals surface area contributed by atoms with Crippen LogP contribution in [-0.4, -0.2) is 16.1 Å². The largest absolute Gasteiger partial charge is 0.301 e. The number of hydrogen-bond acceptors (Lipinski definition) is 6. The van der Waals surface area contributed by atoms with Crippen LogP contribution in [0, 0.1) is 27.2 Å². The summed E-state index contributed by atoms with van der Waals surface area (Å²) in [6.07, 6.45) is 1.51. The smallest absolute Gasteiger partial charge is 0.272 e. The van der Waals surface area contributed by atoms with Crippen molar-refractivity contribution in [1.82, 2.24) is 0 Å². The molecule has 0 unspecified atom stereocenters. The third-order valence-corrected chi connectivity index (χ3v) is 2.83. The molecule has 2 rings (SSSR count). The summed E-state index contributed by atoms with van der Waals surface area (Å²) in [7, 11) is 0. The Morgan fingerprint density at radius 1 is 1.09 bits per heavy atom. The first-order chi connectivity index (χ1) is 10.5. The van der Waals surface area contributed by atoms with Crippen molar-refractivity contribution >= 4 is 23.3 Å². The molecule has 0 fully saturated rings. The molecule has 0 aromatic heterocycles. The molecule has 8 heteroatoms. The molecule has 2 aromatic rings. The highest BCUT2D eigenvalue weighted by atomic mass is 16.6. The molecule has 0 saturated carbocycles. The van der Waals surface area contributed by atoms with Crippen LogP contribution < -0.4 is 5.43 Å². The second-order valence-electron chi connectivity index (χ2n) is 4.50. The van der Waals surface area contributed by atoms with E-state index in [-0.39, 0.29) is 11.4 Å². The summed E-state index contributed by atoms with van der Waals surface area (Å²) in [5.41, 5.74) is 3.75. The van der Waals surface area contributed by atoms with Crippen molar-refractivity contribution in [1.29, 1.82) is 0 Å². The Morgan fingerprint density at radius 3 is 2.50 bits per heavy atom. The topological polar surface area (TPSA) is 111 Å². The average Bonchev–Trinajstić information content (AvgIpc) is 2.47. The first-order valence-electron chi connectivity index (χ1n) is 6.26. The predicted octanol–water partition coefficient (Wildman–Crippen LogP) is 3.26. The number of nitrogens with zero attached hydrogens (tertiary/aromatic N) is 3. The Morgan fingerprint density at radius 2 is 1.86 bits per heavy atom. The molecule has 0 amide bonds. The van der Waals surface area contributed by atoms with Crippen LogP contribution in [0.4, 0.5) is 17.1 Å². The van der Waals surface area contributed by atoms with Gasteiger partial charge in [-0.15, -0.1) is 0 Å². The standard InChI is InChI=1S/C14H12N4O4/c1-10-3-2-4-11(7-10)9-15-16-13-6-5-12(17(19)20)8-14(13)18(21)22/h2-9,16H,1H3/b15-9+. The number of aryl methyl sites for hydroxylation is 1. The fourth-order valence-electron chi connectivity index (χ4n) is 1.81. The summed E-state index contributed by atoms with van der Waals surface area (Å²) in [4.78, 5) is 20.2. The highest BCUT2D eigenvalue weighted by molar-refractivity contribution is 5.81. The number of benzene rings is 2. The van der Waals surface area contributed by atoms with Gasteiger partial charge < -0.3 is 0 Å². The first-order valence-corrected chi connectivity index (χ1v) is 6.26. The Balaban J connectivity index is 2.22. The van der Waals surface area contributed by atoms with Crippen molar-refractivity contribution in [3.63, 3.8) is 0 Å². The Bertz CT molecular complexity index is 758. The van der Waals surface area contributed by atoms with E-state index in [1.807, 2.05) is 31.2 Å². The number of anilines is 1. The van der Waals surface area contributed by atoms with Crippen LogP contribution in [0.1, 0.15) is 11.1 Å². The summed E-state index contributed by atoms with van der Waals surface area (Å²) >= 11 is 0. The van der Waals surface area contributed by atoms with E-state index >= 15 is 0 Å². The molecule has 0 aliphatic rings. The van der Waals surface area contributed by atoms with Gasteiger partial charge in [-0.05, 0) is 18.6 Å². The molecule has 0 aliphatic carbocycles. The van der Waals surface area contributed by atoms with Crippen LogP contribution in [0.5, 0.6) is 0 Å². The van der Waals surface area contributed by atoms with Gasteiger partial charge in [0.25, 0.3) is 5.69 Å². The lowest BCUT2D eigenvalue weighted by molar-refractivity contribution is -0.393. The predicted molar refractivity (Wildman–Crippen MR) is 82.1 cm³/mol. The molecule has 0 aliphatic heterocycles. The van der Waals surface area contributed by atoms with Gasteiger partial charge in [0.05, 0.1) is 22.1 Å². The van der Waals surface area contributed by atoms with Gasteiger partial charge in [-0.2, -0.15) is 5.10 Å². The van der Waals surface area contributed by atoms with Gasteiger partial charge in [0, 0.05) is 6.07 Å². The molecule has 0 radical (unpaired) electrons. The van der Waals surface area contributed by atoms with Crippen LogP contribution in [0.3, 0.4) is 0 Å². The maximum absolute atomic E-state index is 11.0. The zero-order valence-corrected chi connectivity index (χ0v) is 11.6.